The van der Waals surface area contributed by atoms with E-state index < -0.39 is 37.4 Å². The molecule has 3 aromatic heterocycles. The maximum atomic E-state index is 15.1. The van der Waals surface area contributed by atoms with E-state index in [-0.39, 0.29) is 40.6 Å². The Bertz CT molecular complexity index is 1680. The molecule has 3 N–H and O–H groups in total. The first-order chi connectivity index (χ1) is 21.7. The van der Waals surface area contributed by atoms with E-state index in [4.69, 9.17) is 22.1 Å². The van der Waals surface area contributed by atoms with E-state index in [1.807, 2.05) is 13.8 Å². The van der Waals surface area contributed by atoms with Crippen molar-refractivity contribution in [2.75, 3.05) is 50.5 Å². The molecule has 46 heavy (non-hydrogen) atoms. The highest BCUT2D eigenvalue weighted by Gasteiger charge is 2.38. The predicted octanol–water partition coefficient (Wildman–Crippen LogP) is 4.67. The molecule has 1 aromatic carbocycles. The van der Waals surface area contributed by atoms with Crippen molar-refractivity contribution in [1.29, 1.82) is 0 Å². The van der Waals surface area contributed by atoms with Crippen LogP contribution in [-0.2, 0) is 13.0 Å². The second-order valence-electron chi connectivity index (χ2n) is 11.7. The molecule has 0 spiro atoms. The summed E-state index contributed by atoms with van der Waals surface area (Å²) < 4.78 is 75.9. The quantitative estimate of drug-likeness (QED) is 0.282. The normalized spacial score (nSPS) is 18.4. The highest BCUT2D eigenvalue weighted by molar-refractivity contribution is 6.33. The first-order valence-corrected chi connectivity index (χ1v) is 15.1. The SMILES string of the molecule is CC(C)n1c(N2CCN(C)CC(F)(F)C2)nc2c(F)cc(-c3nc(N)ncc3Cl)cc21.OC1CCc2cc(OCC(F)F)nn2C1. The maximum Gasteiger partial charge on any atom is 0.277 e. The van der Waals surface area contributed by atoms with E-state index in [2.05, 4.69) is 20.1 Å². The fraction of sp³-hybridized carbons (Fsp3) is 0.517. The summed E-state index contributed by atoms with van der Waals surface area (Å²) in [6.07, 6.45) is -0.163. The minimum atomic E-state index is -2.92. The number of alkyl halides is 4. The first kappa shape index (κ1) is 33.6. The number of nitrogens with zero attached hydrogens (tertiary/aromatic N) is 8. The summed E-state index contributed by atoms with van der Waals surface area (Å²) in [7, 11) is 1.66. The summed E-state index contributed by atoms with van der Waals surface area (Å²) >= 11 is 6.21. The highest BCUT2D eigenvalue weighted by atomic mass is 35.5. The zero-order valence-electron chi connectivity index (χ0n) is 25.5. The summed E-state index contributed by atoms with van der Waals surface area (Å²) in [4.78, 5) is 15.5. The van der Waals surface area contributed by atoms with Gasteiger partial charge in [-0.15, -0.1) is 5.10 Å². The number of benzene rings is 1. The molecule has 2 aliphatic rings. The molecule has 1 saturated heterocycles. The molecule has 0 amide bonds. The molecule has 2 aliphatic heterocycles. The van der Waals surface area contributed by atoms with Crippen LogP contribution in [0.15, 0.2) is 24.4 Å². The van der Waals surface area contributed by atoms with Crippen LogP contribution in [0.4, 0.5) is 33.8 Å². The van der Waals surface area contributed by atoms with Crippen LogP contribution in [0.1, 0.15) is 32.0 Å². The van der Waals surface area contributed by atoms with E-state index in [0.717, 1.165) is 5.69 Å². The van der Waals surface area contributed by atoms with Gasteiger partial charge in [0.1, 0.15) is 5.52 Å². The smallest absolute Gasteiger partial charge is 0.277 e. The van der Waals surface area contributed by atoms with Crippen LogP contribution in [-0.4, -0.2) is 97.6 Å². The fourth-order valence-electron chi connectivity index (χ4n) is 5.55. The van der Waals surface area contributed by atoms with Crippen LogP contribution in [0.25, 0.3) is 22.3 Å². The second kappa shape index (κ2) is 13.5. The number of nitrogens with two attached hydrogens (primary N) is 1. The lowest BCUT2D eigenvalue weighted by Gasteiger charge is -2.26. The average molecular weight is 672 g/mol. The van der Waals surface area contributed by atoms with Crippen molar-refractivity contribution in [3.63, 3.8) is 0 Å². The van der Waals surface area contributed by atoms with Gasteiger partial charge in [0.2, 0.25) is 17.8 Å². The van der Waals surface area contributed by atoms with Crippen molar-refractivity contribution >= 4 is 34.5 Å². The molecular weight excluding hydrogens is 637 g/mol. The van der Waals surface area contributed by atoms with Gasteiger partial charge in [-0.3, -0.25) is 9.58 Å². The van der Waals surface area contributed by atoms with Gasteiger partial charge in [-0.25, -0.2) is 36.9 Å². The fourth-order valence-corrected chi connectivity index (χ4v) is 5.75. The number of nitrogen functional groups attached to an aromatic ring is 1. The molecule has 250 valence electrons. The number of rotatable bonds is 6. The number of anilines is 2. The van der Waals surface area contributed by atoms with Crippen LogP contribution in [0.3, 0.4) is 0 Å². The van der Waals surface area contributed by atoms with E-state index in [1.54, 1.807) is 33.3 Å². The van der Waals surface area contributed by atoms with Crippen molar-refractivity contribution < 1.29 is 31.8 Å². The minimum Gasteiger partial charge on any atom is -0.471 e. The maximum absolute atomic E-state index is 15.1. The van der Waals surface area contributed by atoms with Crippen LogP contribution in [0.5, 0.6) is 5.88 Å². The van der Waals surface area contributed by atoms with E-state index >= 15 is 4.39 Å². The zero-order valence-corrected chi connectivity index (χ0v) is 26.2. The largest absolute Gasteiger partial charge is 0.471 e. The van der Waals surface area contributed by atoms with Gasteiger partial charge in [0, 0.05) is 36.5 Å². The second-order valence-corrected chi connectivity index (χ2v) is 12.1. The number of imidazole rings is 1. The molecule has 0 aliphatic carbocycles. The lowest BCUT2D eigenvalue weighted by molar-refractivity contribution is -0.00961. The van der Waals surface area contributed by atoms with E-state index in [9.17, 15) is 22.7 Å². The number of fused-ring (bicyclic) bond motifs is 2. The predicted molar refractivity (Wildman–Crippen MR) is 163 cm³/mol. The van der Waals surface area contributed by atoms with E-state index in [1.165, 1.54) is 17.2 Å². The molecule has 0 saturated carbocycles. The van der Waals surface area contributed by atoms with E-state index in [0.29, 0.717) is 49.5 Å². The third kappa shape index (κ3) is 7.61. The number of aliphatic hydroxyl groups is 1. The van der Waals surface area contributed by atoms with Crippen LogP contribution in [0.2, 0.25) is 5.02 Å². The molecular formula is C29H35ClF5N9O2. The molecule has 6 rings (SSSR count). The Kier molecular flexibility index (Phi) is 9.89. The summed E-state index contributed by atoms with van der Waals surface area (Å²) in [5, 5.41) is 13.6. The molecule has 0 radical (unpaired) electrons. The minimum absolute atomic E-state index is 0.00822. The molecule has 0 bridgehead atoms. The Hall–Kier alpha value is -3.76. The van der Waals surface area contributed by atoms with Crippen molar-refractivity contribution in [3.05, 3.63) is 40.9 Å². The van der Waals surface area contributed by atoms with Gasteiger partial charge < -0.3 is 25.0 Å². The summed E-state index contributed by atoms with van der Waals surface area (Å²) in [6, 6.07) is 4.46. The standard InChI is InChI=1S/C20H23ClF3N7.C9H12F2N2O2/c1-11(2)31-15-7-12(16-13(21)8-26-18(25)27-16)6-14(22)17(15)28-19(31)30-5-4-29(3)9-20(23,24)10-30;10-8(11)5-15-9-3-6-1-2-7(14)4-13(6)12-9/h6-8,11H,4-5,9-10H2,1-3H3,(H2,25,26,27);3,7-8,14H,1-2,4-5H2. The van der Waals surface area contributed by atoms with Gasteiger partial charge >= 0.3 is 0 Å². The molecule has 5 heterocycles. The third-order valence-corrected chi connectivity index (χ3v) is 7.83. The molecule has 1 atom stereocenters. The Labute approximate surface area is 266 Å². The van der Waals surface area contributed by atoms with Gasteiger partial charge in [-0.2, -0.15) is 0 Å². The van der Waals surface area contributed by atoms with Crippen LogP contribution < -0.4 is 15.4 Å². The Balaban J connectivity index is 0.000000232. The number of aliphatic hydroxyl groups excluding tert-OH is 1. The molecule has 4 aromatic rings. The van der Waals surface area contributed by atoms with Crippen LogP contribution >= 0.6 is 11.6 Å². The number of aromatic nitrogens is 6. The lowest BCUT2D eigenvalue weighted by atomic mass is 10.1. The highest BCUT2D eigenvalue weighted by Crippen LogP contribution is 2.35. The lowest BCUT2D eigenvalue weighted by Crippen LogP contribution is -2.39. The summed E-state index contributed by atoms with van der Waals surface area (Å²) in [6.45, 7) is 3.53. The van der Waals surface area contributed by atoms with Crippen molar-refractivity contribution in [2.45, 2.75) is 57.7 Å². The van der Waals surface area contributed by atoms with Gasteiger partial charge in [0.15, 0.2) is 12.4 Å². The van der Waals surface area contributed by atoms with Crippen molar-refractivity contribution in [3.8, 4) is 17.1 Å². The number of hydrogen-bond acceptors (Lipinski definition) is 9. The van der Waals surface area contributed by atoms with Gasteiger partial charge in [-0.05, 0) is 45.9 Å². The van der Waals surface area contributed by atoms with Gasteiger partial charge in [0.25, 0.3) is 12.3 Å². The Morgan fingerprint density at radius 1 is 1.15 bits per heavy atom. The Morgan fingerprint density at radius 2 is 1.91 bits per heavy atom. The number of hydrogen-bond donors (Lipinski definition) is 2. The molecule has 17 heteroatoms. The van der Waals surface area contributed by atoms with Crippen LogP contribution in [0, 0.1) is 5.82 Å². The first-order valence-electron chi connectivity index (χ1n) is 14.7. The molecule has 1 fully saturated rings. The molecule has 11 nitrogen and oxygen atoms in total. The number of ether oxygens (including phenoxy) is 1. The number of aryl methyl sites for hydroxylation is 1. The van der Waals surface area contributed by atoms with Crippen molar-refractivity contribution in [2.24, 2.45) is 0 Å². The third-order valence-electron chi connectivity index (χ3n) is 7.56. The van der Waals surface area contributed by atoms with Gasteiger partial charge in [-0.1, -0.05) is 11.6 Å². The number of halogens is 6. The van der Waals surface area contributed by atoms with Crippen molar-refractivity contribution in [1.82, 2.24) is 34.2 Å². The monoisotopic (exact) mass is 671 g/mol. The zero-order chi connectivity index (χ0) is 33.3. The number of likely N-dealkylation sites (N-methyl/N-ethyl adjacent to an activating group) is 1. The molecule has 1 unspecified atom stereocenters. The van der Waals surface area contributed by atoms with Gasteiger partial charge in [0.05, 0.1) is 48.2 Å². The summed E-state index contributed by atoms with van der Waals surface area (Å²) in [5.74, 6) is -2.99. The average Bonchev–Trinajstić information content (AvgIpc) is 3.53. The summed E-state index contributed by atoms with van der Waals surface area (Å²) in [5.41, 5.74) is 7.85. The topological polar surface area (TPSA) is 123 Å². The Morgan fingerprint density at radius 3 is 2.63 bits per heavy atom.